The van der Waals surface area contributed by atoms with E-state index in [1.807, 2.05) is 0 Å². The number of likely N-dealkylation sites (tertiary alicyclic amines) is 1. The van der Waals surface area contributed by atoms with Crippen molar-refractivity contribution in [3.63, 3.8) is 0 Å². The first-order valence-electron chi connectivity index (χ1n) is 10.2. The molecule has 1 atom stereocenters. The molecule has 0 amide bonds. The summed E-state index contributed by atoms with van der Waals surface area (Å²) in [6, 6.07) is -1.22. The number of fused-ring (bicyclic) bond motifs is 2. The van der Waals surface area contributed by atoms with Crippen LogP contribution in [0.15, 0.2) is 24.8 Å². The lowest BCUT2D eigenvalue weighted by Crippen LogP contribution is -2.53. The van der Waals surface area contributed by atoms with Crippen molar-refractivity contribution in [3.05, 3.63) is 36.3 Å². The summed E-state index contributed by atoms with van der Waals surface area (Å²) in [5.74, 6) is -4.01. The highest BCUT2D eigenvalue weighted by Crippen LogP contribution is 2.35. The average molecular weight is 482 g/mol. The van der Waals surface area contributed by atoms with E-state index in [9.17, 15) is 17.6 Å². The predicted molar refractivity (Wildman–Crippen MR) is 111 cm³/mol. The number of alkyl halides is 4. The van der Waals surface area contributed by atoms with Crippen molar-refractivity contribution in [2.24, 2.45) is 0 Å². The van der Waals surface area contributed by atoms with Crippen molar-refractivity contribution in [1.29, 1.82) is 0 Å². The van der Waals surface area contributed by atoms with Crippen LogP contribution in [0.4, 0.5) is 27.9 Å². The van der Waals surface area contributed by atoms with Gasteiger partial charge in [0.25, 0.3) is 12.3 Å². The summed E-state index contributed by atoms with van der Waals surface area (Å²) in [6.45, 7) is 0.0376. The standard InChI is InChI=1S/C20H19F5N8O/c1-31-4-3-13(20(24,25)9-31)28-18-29-17(34-2)15-14(11(21)8-33(15)30-18)10-5-26-19-27-6-12(16(22)23)32(19)7-10/h5-8,13,16H,3-4,9H2,1-2H3,(H,28,30). The molecule has 5 rings (SSSR count). The molecule has 1 aliphatic rings. The minimum absolute atomic E-state index is 0.0247. The van der Waals surface area contributed by atoms with Crippen LogP contribution in [-0.2, 0) is 0 Å². The lowest BCUT2D eigenvalue weighted by atomic mass is 10.0. The lowest BCUT2D eigenvalue weighted by Gasteiger charge is -2.36. The fourth-order valence-electron chi connectivity index (χ4n) is 4.12. The van der Waals surface area contributed by atoms with Crippen molar-refractivity contribution >= 4 is 17.2 Å². The molecule has 1 unspecified atom stereocenters. The molecule has 0 saturated carbocycles. The summed E-state index contributed by atoms with van der Waals surface area (Å²) in [5, 5.41) is 6.77. The van der Waals surface area contributed by atoms with Crippen LogP contribution in [0, 0.1) is 5.82 Å². The SMILES string of the molecule is COc1nc(NC2CCN(C)CC2(F)F)nn2cc(F)c(-c3cnc4ncc(C(F)F)n4c3)c12. The Balaban J connectivity index is 1.58. The molecule has 14 heteroatoms. The second-order valence-electron chi connectivity index (χ2n) is 8.07. The molecular weight excluding hydrogens is 463 g/mol. The number of nitrogens with one attached hydrogen (secondary N) is 1. The van der Waals surface area contributed by atoms with E-state index in [1.54, 1.807) is 7.05 Å². The van der Waals surface area contributed by atoms with Gasteiger partial charge in [-0.2, -0.15) is 4.98 Å². The number of hydrogen-bond acceptors (Lipinski definition) is 7. The number of halogens is 5. The van der Waals surface area contributed by atoms with Crippen LogP contribution in [0.3, 0.4) is 0 Å². The van der Waals surface area contributed by atoms with Gasteiger partial charge in [-0.25, -0.2) is 36.4 Å². The molecule has 0 aromatic carbocycles. The Labute approximate surface area is 189 Å². The Morgan fingerprint density at radius 2 is 1.97 bits per heavy atom. The van der Waals surface area contributed by atoms with Gasteiger partial charge in [-0.3, -0.25) is 4.40 Å². The number of imidazole rings is 1. The first-order chi connectivity index (χ1) is 16.2. The Morgan fingerprint density at radius 3 is 2.68 bits per heavy atom. The largest absolute Gasteiger partial charge is 0.479 e. The Kier molecular flexibility index (Phi) is 5.26. The zero-order valence-corrected chi connectivity index (χ0v) is 18.0. The molecule has 0 aliphatic carbocycles. The number of piperidine rings is 1. The van der Waals surface area contributed by atoms with Gasteiger partial charge >= 0.3 is 0 Å². The third-order valence-electron chi connectivity index (χ3n) is 5.75. The number of anilines is 1. The molecule has 9 nitrogen and oxygen atoms in total. The molecule has 0 spiro atoms. The zero-order chi connectivity index (χ0) is 24.2. The van der Waals surface area contributed by atoms with Crippen LogP contribution < -0.4 is 10.1 Å². The summed E-state index contributed by atoms with van der Waals surface area (Å²) >= 11 is 0. The van der Waals surface area contributed by atoms with Crippen LogP contribution >= 0.6 is 0 Å². The van der Waals surface area contributed by atoms with E-state index < -0.39 is 36.4 Å². The van der Waals surface area contributed by atoms with Gasteiger partial charge in [-0.05, 0) is 13.5 Å². The van der Waals surface area contributed by atoms with Crippen molar-refractivity contribution in [3.8, 4) is 17.0 Å². The first kappa shape index (κ1) is 22.3. The van der Waals surface area contributed by atoms with Gasteiger partial charge in [0.05, 0.1) is 37.7 Å². The van der Waals surface area contributed by atoms with Gasteiger partial charge in [0.15, 0.2) is 5.82 Å². The maximum Gasteiger partial charge on any atom is 0.280 e. The molecule has 34 heavy (non-hydrogen) atoms. The quantitative estimate of drug-likeness (QED) is 0.437. The molecule has 5 heterocycles. The van der Waals surface area contributed by atoms with Crippen LogP contribution in [0.5, 0.6) is 5.88 Å². The molecule has 1 fully saturated rings. The zero-order valence-electron chi connectivity index (χ0n) is 18.0. The minimum Gasteiger partial charge on any atom is -0.479 e. The van der Waals surface area contributed by atoms with Crippen LogP contribution in [0.2, 0.25) is 0 Å². The Morgan fingerprint density at radius 1 is 1.21 bits per heavy atom. The number of rotatable bonds is 5. The molecule has 1 saturated heterocycles. The van der Waals surface area contributed by atoms with Crippen molar-refractivity contribution in [2.75, 3.05) is 32.6 Å². The number of nitrogens with zero attached hydrogens (tertiary/aromatic N) is 7. The molecule has 0 bridgehead atoms. The second kappa shape index (κ2) is 8.04. The monoisotopic (exact) mass is 482 g/mol. The van der Waals surface area contributed by atoms with Crippen LogP contribution in [0.1, 0.15) is 18.5 Å². The highest BCUT2D eigenvalue weighted by molar-refractivity contribution is 5.84. The second-order valence-corrected chi connectivity index (χ2v) is 8.07. The molecule has 180 valence electrons. The molecule has 1 N–H and O–H groups in total. The highest BCUT2D eigenvalue weighted by atomic mass is 19.3. The van der Waals surface area contributed by atoms with E-state index in [0.29, 0.717) is 6.54 Å². The van der Waals surface area contributed by atoms with Crippen molar-refractivity contribution in [2.45, 2.75) is 24.8 Å². The summed E-state index contributed by atoms with van der Waals surface area (Å²) in [7, 11) is 2.90. The minimum atomic E-state index is -3.03. The summed E-state index contributed by atoms with van der Waals surface area (Å²) in [4.78, 5) is 13.5. The van der Waals surface area contributed by atoms with Crippen LogP contribution in [-0.4, -0.2) is 73.1 Å². The highest BCUT2D eigenvalue weighted by Gasteiger charge is 2.44. The fourth-order valence-corrected chi connectivity index (χ4v) is 4.12. The van der Waals surface area contributed by atoms with Gasteiger partial charge < -0.3 is 15.0 Å². The van der Waals surface area contributed by atoms with Gasteiger partial charge in [0.1, 0.15) is 11.2 Å². The number of methoxy groups -OCH3 is 1. The molecule has 4 aromatic rings. The number of hydrogen-bond donors (Lipinski definition) is 1. The number of aromatic nitrogens is 6. The van der Waals surface area contributed by atoms with Gasteiger partial charge in [0.2, 0.25) is 17.6 Å². The summed E-state index contributed by atoms with van der Waals surface area (Å²) < 4.78 is 78.0. The van der Waals surface area contributed by atoms with E-state index >= 15 is 4.39 Å². The molecule has 0 radical (unpaired) electrons. The van der Waals surface area contributed by atoms with E-state index in [-0.39, 0.29) is 40.7 Å². The lowest BCUT2D eigenvalue weighted by molar-refractivity contribution is -0.0675. The van der Waals surface area contributed by atoms with E-state index in [0.717, 1.165) is 21.3 Å². The molecule has 1 aliphatic heterocycles. The Bertz CT molecular complexity index is 1370. The molecule has 4 aromatic heterocycles. The maximum absolute atomic E-state index is 15.1. The van der Waals surface area contributed by atoms with E-state index in [1.165, 1.54) is 24.4 Å². The van der Waals surface area contributed by atoms with E-state index in [2.05, 4.69) is 25.4 Å². The predicted octanol–water partition coefficient (Wildman–Crippen LogP) is 3.28. The Hall–Kier alpha value is -3.55. The average Bonchev–Trinajstić information content (AvgIpc) is 3.34. The van der Waals surface area contributed by atoms with Crippen LogP contribution in [0.25, 0.3) is 22.4 Å². The fraction of sp³-hybridized carbons (Fsp3) is 0.400. The van der Waals surface area contributed by atoms with Crippen molar-refractivity contribution in [1.82, 2.24) is 33.9 Å². The van der Waals surface area contributed by atoms with Gasteiger partial charge in [-0.15, -0.1) is 5.10 Å². The smallest absolute Gasteiger partial charge is 0.280 e. The normalized spacial score (nSPS) is 18.8. The third kappa shape index (κ3) is 3.67. The maximum atomic E-state index is 15.1. The van der Waals surface area contributed by atoms with E-state index in [4.69, 9.17) is 4.74 Å². The van der Waals surface area contributed by atoms with Gasteiger partial charge in [-0.1, -0.05) is 0 Å². The third-order valence-corrected chi connectivity index (χ3v) is 5.75. The summed E-state index contributed by atoms with van der Waals surface area (Å²) in [5.41, 5.74) is -0.212. The van der Waals surface area contributed by atoms with Gasteiger partial charge in [0, 0.05) is 24.5 Å². The summed E-state index contributed by atoms with van der Waals surface area (Å²) in [6.07, 6.45) is 1.92. The number of ether oxygens (including phenoxy) is 1. The molecular formula is C20H19F5N8O. The topological polar surface area (TPSA) is 84.9 Å². The van der Waals surface area contributed by atoms with Crippen molar-refractivity contribution < 1.29 is 26.7 Å². The first-order valence-corrected chi connectivity index (χ1v) is 10.2.